The molecule has 0 saturated carbocycles. The van der Waals surface area contributed by atoms with Crippen molar-refractivity contribution in [2.45, 2.75) is 6.92 Å². The van der Waals surface area contributed by atoms with E-state index >= 15 is 0 Å². The summed E-state index contributed by atoms with van der Waals surface area (Å²) in [6, 6.07) is 14.9. The van der Waals surface area contributed by atoms with Gasteiger partial charge in [-0.1, -0.05) is 18.2 Å². The third-order valence-corrected chi connectivity index (χ3v) is 3.13. The molecule has 0 radical (unpaired) electrons. The molecule has 0 atom stereocenters. The number of hydrogen-bond acceptors (Lipinski definition) is 3. The van der Waals surface area contributed by atoms with Crippen LogP contribution in [-0.2, 0) is 0 Å². The van der Waals surface area contributed by atoms with Crippen molar-refractivity contribution in [1.82, 2.24) is 4.90 Å². The largest absolute Gasteiger partial charge is 0.492 e. The standard InChI is InChI=1S/C17H20N2O2/c1-13-10-14(12-15(18)11-13)17(20)19(2)8-9-21-16-6-4-3-5-7-16/h3-7,10-12H,8-9,18H2,1-2H3. The van der Waals surface area contributed by atoms with E-state index in [0.29, 0.717) is 24.4 Å². The van der Waals surface area contributed by atoms with Gasteiger partial charge in [-0.3, -0.25) is 4.79 Å². The summed E-state index contributed by atoms with van der Waals surface area (Å²) in [5.74, 6) is 0.750. The van der Waals surface area contributed by atoms with Crippen LogP contribution >= 0.6 is 0 Å². The Balaban J connectivity index is 1.90. The fourth-order valence-corrected chi connectivity index (χ4v) is 2.08. The van der Waals surface area contributed by atoms with Crippen LogP contribution < -0.4 is 10.5 Å². The van der Waals surface area contributed by atoms with Crippen LogP contribution in [0.4, 0.5) is 5.69 Å². The first-order valence-corrected chi connectivity index (χ1v) is 6.87. The number of rotatable bonds is 5. The van der Waals surface area contributed by atoms with Crippen molar-refractivity contribution in [3.63, 3.8) is 0 Å². The van der Waals surface area contributed by atoms with Crippen LogP contribution in [0.2, 0.25) is 0 Å². The van der Waals surface area contributed by atoms with Crippen LogP contribution in [-0.4, -0.2) is 31.0 Å². The number of amides is 1. The van der Waals surface area contributed by atoms with E-state index in [1.165, 1.54) is 0 Å². The molecule has 0 saturated heterocycles. The number of nitrogens with zero attached hydrogens (tertiary/aromatic N) is 1. The van der Waals surface area contributed by atoms with Gasteiger partial charge in [0.05, 0.1) is 6.54 Å². The highest BCUT2D eigenvalue weighted by molar-refractivity contribution is 5.95. The number of benzene rings is 2. The third-order valence-electron chi connectivity index (χ3n) is 3.13. The second-order valence-electron chi connectivity index (χ2n) is 5.02. The van der Waals surface area contributed by atoms with Crippen LogP contribution in [0.25, 0.3) is 0 Å². The van der Waals surface area contributed by atoms with Gasteiger partial charge in [0, 0.05) is 18.3 Å². The molecule has 0 fully saturated rings. The van der Waals surface area contributed by atoms with Crippen LogP contribution in [0.15, 0.2) is 48.5 Å². The highest BCUT2D eigenvalue weighted by Gasteiger charge is 2.12. The zero-order chi connectivity index (χ0) is 15.2. The van der Waals surface area contributed by atoms with Gasteiger partial charge in [-0.15, -0.1) is 0 Å². The SMILES string of the molecule is Cc1cc(N)cc(C(=O)N(C)CCOc2ccccc2)c1. The molecule has 2 aromatic carbocycles. The van der Waals surface area contributed by atoms with Crippen molar-refractivity contribution < 1.29 is 9.53 Å². The van der Waals surface area contributed by atoms with E-state index in [-0.39, 0.29) is 5.91 Å². The minimum Gasteiger partial charge on any atom is -0.492 e. The molecule has 2 N–H and O–H groups in total. The maximum absolute atomic E-state index is 12.3. The lowest BCUT2D eigenvalue weighted by Gasteiger charge is -2.18. The molecule has 2 aromatic rings. The zero-order valence-corrected chi connectivity index (χ0v) is 12.4. The van der Waals surface area contributed by atoms with Gasteiger partial charge < -0.3 is 15.4 Å². The fraction of sp³-hybridized carbons (Fsp3) is 0.235. The summed E-state index contributed by atoms with van der Waals surface area (Å²) in [5, 5.41) is 0. The Bertz CT molecular complexity index is 591. The first-order chi connectivity index (χ1) is 10.1. The number of ether oxygens (including phenoxy) is 1. The van der Waals surface area contributed by atoms with Gasteiger partial charge in [0.2, 0.25) is 0 Å². The van der Waals surface area contributed by atoms with Crippen LogP contribution in [0, 0.1) is 6.92 Å². The number of carbonyl (C=O) groups is 1. The predicted molar refractivity (Wildman–Crippen MR) is 84.5 cm³/mol. The molecule has 0 aliphatic rings. The van der Waals surface area contributed by atoms with Crippen LogP contribution in [0.1, 0.15) is 15.9 Å². The second-order valence-corrected chi connectivity index (χ2v) is 5.02. The van der Waals surface area contributed by atoms with Gasteiger partial charge in [0.25, 0.3) is 5.91 Å². The summed E-state index contributed by atoms with van der Waals surface area (Å²) in [6.45, 7) is 2.89. The van der Waals surface area contributed by atoms with Crippen molar-refractivity contribution >= 4 is 11.6 Å². The number of hydrogen-bond donors (Lipinski definition) is 1. The number of para-hydroxylation sites is 1. The molecular weight excluding hydrogens is 264 g/mol. The van der Waals surface area contributed by atoms with E-state index in [4.69, 9.17) is 10.5 Å². The number of nitrogen functional groups attached to an aromatic ring is 1. The lowest BCUT2D eigenvalue weighted by Crippen LogP contribution is -2.31. The second kappa shape index (κ2) is 6.79. The van der Waals surface area contributed by atoms with Crippen molar-refractivity contribution in [2.75, 3.05) is 25.9 Å². The first-order valence-electron chi connectivity index (χ1n) is 6.87. The van der Waals surface area contributed by atoms with E-state index in [9.17, 15) is 4.79 Å². The average molecular weight is 284 g/mol. The number of anilines is 1. The molecule has 4 heteroatoms. The molecule has 110 valence electrons. The summed E-state index contributed by atoms with van der Waals surface area (Å²) in [4.78, 5) is 13.9. The maximum atomic E-state index is 12.3. The Morgan fingerprint density at radius 1 is 1.19 bits per heavy atom. The van der Waals surface area contributed by atoms with E-state index in [2.05, 4.69) is 0 Å². The smallest absolute Gasteiger partial charge is 0.253 e. The number of nitrogens with two attached hydrogens (primary N) is 1. The maximum Gasteiger partial charge on any atom is 0.253 e. The Hall–Kier alpha value is -2.49. The van der Waals surface area contributed by atoms with E-state index in [1.807, 2.05) is 49.4 Å². The van der Waals surface area contributed by atoms with Gasteiger partial charge in [0.15, 0.2) is 0 Å². The summed E-state index contributed by atoms with van der Waals surface area (Å²) in [7, 11) is 1.76. The summed E-state index contributed by atoms with van der Waals surface area (Å²) >= 11 is 0. The lowest BCUT2D eigenvalue weighted by atomic mass is 10.1. The molecule has 2 rings (SSSR count). The van der Waals surface area contributed by atoms with Gasteiger partial charge >= 0.3 is 0 Å². The van der Waals surface area contributed by atoms with E-state index < -0.39 is 0 Å². The fourth-order valence-electron chi connectivity index (χ4n) is 2.08. The predicted octanol–water partition coefficient (Wildman–Crippen LogP) is 2.73. The van der Waals surface area contributed by atoms with Gasteiger partial charge in [-0.05, 0) is 42.8 Å². The van der Waals surface area contributed by atoms with Crippen molar-refractivity contribution in [2.24, 2.45) is 0 Å². The number of carbonyl (C=O) groups excluding carboxylic acids is 1. The Morgan fingerprint density at radius 3 is 2.57 bits per heavy atom. The molecule has 0 aliphatic carbocycles. The molecule has 0 bridgehead atoms. The lowest BCUT2D eigenvalue weighted by molar-refractivity contribution is 0.0773. The van der Waals surface area contributed by atoms with Crippen molar-refractivity contribution in [1.29, 1.82) is 0 Å². The molecule has 0 aromatic heterocycles. The first kappa shape index (κ1) is 14.9. The van der Waals surface area contributed by atoms with Gasteiger partial charge in [-0.25, -0.2) is 0 Å². The molecule has 21 heavy (non-hydrogen) atoms. The highest BCUT2D eigenvalue weighted by Crippen LogP contribution is 2.13. The summed E-state index contributed by atoms with van der Waals surface area (Å²) in [6.07, 6.45) is 0. The molecule has 0 spiro atoms. The Kier molecular flexibility index (Phi) is 4.82. The molecule has 0 heterocycles. The quantitative estimate of drug-likeness (QED) is 0.859. The zero-order valence-electron chi connectivity index (χ0n) is 12.4. The van der Waals surface area contributed by atoms with Crippen LogP contribution in [0.3, 0.4) is 0 Å². The average Bonchev–Trinajstić information content (AvgIpc) is 2.46. The molecule has 0 unspecified atom stereocenters. The van der Waals surface area contributed by atoms with Crippen molar-refractivity contribution in [3.8, 4) is 5.75 Å². The molecule has 4 nitrogen and oxygen atoms in total. The molecule has 1 amide bonds. The summed E-state index contributed by atoms with van der Waals surface area (Å²) < 4.78 is 5.59. The van der Waals surface area contributed by atoms with Gasteiger partial charge in [-0.2, -0.15) is 0 Å². The topological polar surface area (TPSA) is 55.6 Å². The minimum atomic E-state index is -0.0536. The highest BCUT2D eigenvalue weighted by atomic mass is 16.5. The summed E-state index contributed by atoms with van der Waals surface area (Å²) in [5.41, 5.74) is 7.97. The minimum absolute atomic E-state index is 0.0536. The normalized spacial score (nSPS) is 10.2. The number of aryl methyl sites for hydroxylation is 1. The van der Waals surface area contributed by atoms with Gasteiger partial charge in [0.1, 0.15) is 12.4 Å². The Morgan fingerprint density at radius 2 is 1.90 bits per heavy atom. The monoisotopic (exact) mass is 284 g/mol. The molecule has 0 aliphatic heterocycles. The van der Waals surface area contributed by atoms with Crippen LogP contribution in [0.5, 0.6) is 5.75 Å². The van der Waals surface area contributed by atoms with E-state index in [1.54, 1.807) is 18.0 Å². The third kappa shape index (κ3) is 4.24. The van der Waals surface area contributed by atoms with E-state index in [0.717, 1.165) is 11.3 Å². The van der Waals surface area contributed by atoms with Crippen molar-refractivity contribution in [3.05, 3.63) is 59.7 Å². The molecular formula is C17H20N2O2. The number of likely N-dealkylation sites (N-methyl/N-ethyl adjacent to an activating group) is 1. The Labute approximate surface area is 125 Å².